The summed E-state index contributed by atoms with van der Waals surface area (Å²) in [7, 11) is 0. The highest BCUT2D eigenvalue weighted by Gasteiger charge is 2.29. The van der Waals surface area contributed by atoms with Crippen LogP contribution in [0.1, 0.15) is 49.7 Å². The minimum atomic E-state index is 0.452. The number of fused-ring (bicyclic) bond motifs is 4. The highest BCUT2D eigenvalue weighted by atomic mass is 32.1. The van der Waals surface area contributed by atoms with Crippen molar-refractivity contribution in [3.05, 3.63) is 71.8 Å². The molecule has 3 aliphatic rings. The van der Waals surface area contributed by atoms with Gasteiger partial charge >= 0.3 is 0 Å². The summed E-state index contributed by atoms with van der Waals surface area (Å²) in [6, 6.07) is 20.7. The summed E-state index contributed by atoms with van der Waals surface area (Å²) in [5, 5.41) is 24.1. The second kappa shape index (κ2) is 27.0. The Morgan fingerprint density at radius 3 is 1.10 bits per heavy atom. The Labute approximate surface area is 368 Å². The maximum absolute atomic E-state index is 5.95. The third-order valence-electron chi connectivity index (χ3n) is 10.6. The molecule has 2 aromatic rings. The number of unbranched alkanes of at least 4 members (excludes halogenated alkanes) is 2. The largest absolute Gasteiger partial charge is 0.377 e. The first-order chi connectivity index (χ1) is 28.4. The molecular formula is C42H66N10O2S4. The molecule has 6 N–H and O–H groups in total. The number of nitrogens with zero attached hydrogens (tertiary/aromatic N) is 4. The molecular weight excluding hydrogens is 805 g/mol. The fourth-order valence-corrected chi connectivity index (χ4v) is 8.43. The summed E-state index contributed by atoms with van der Waals surface area (Å²) in [4.78, 5) is 9.07. The Bertz CT molecular complexity index is 1350. The van der Waals surface area contributed by atoms with Crippen LogP contribution in [0, 0.1) is 11.8 Å². The Balaban J connectivity index is 1.06. The first-order valence-electron chi connectivity index (χ1n) is 21.2. The van der Waals surface area contributed by atoms with Crippen molar-refractivity contribution in [1.29, 1.82) is 0 Å². The fraction of sp³-hybridized carbons (Fsp3) is 0.619. The van der Waals surface area contributed by atoms with Crippen LogP contribution in [0.25, 0.3) is 0 Å². The van der Waals surface area contributed by atoms with Gasteiger partial charge in [-0.2, -0.15) is 0 Å². The van der Waals surface area contributed by atoms with Gasteiger partial charge in [0.25, 0.3) is 0 Å². The van der Waals surface area contributed by atoms with Gasteiger partial charge in [0, 0.05) is 91.8 Å². The molecule has 0 amide bonds. The SMILES string of the molecule is S=C1NCCNCCNC(=S)N2CC(CCCCOCc3ccccc3)CN(C2)C(=S)NCCNCCNC(=S)N2CC(CCCCOCc3ccccc3)CN1C2. The molecule has 5 rings (SSSR count). The van der Waals surface area contributed by atoms with Gasteiger partial charge in [-0.15, -0.1) is 0 Å². The van der Waals surface area contributed by atoms with Gasteiger partial charge in [0.05, 0.1) is 26.6 Å². The van der Waals surface area contributed by atoms with Crippen molar-refractivity contribution in [3.63, 3.8) is 0 Å². The Hall–Kier alpha value is -2.96. The van der Waals surface area contributed by atoms with E-state index in [0.717, 1.165) is 151 Å². The Kier molecular flexibility index (Phi) is 21.5. The van der Waals surface area contributed by atoms with Crippen LogP contribution in [0.2, 0.25) is 0 Å². The monoisotopic (exact) mass is 870 g/mol. The van der Waals surface area contributed by atoms with Crippen molar-refractivity contribution in [1.82, 2.24) is 51.5 Å². The summed E-state index contributed by atoms with van der Waals surface area (Å²) < 4.78 is 11.9. The third-order valence-corrected chi connectivity index (χ3v) is 12.2. The Morgan fingerprint density at radius 2 is 0.776 bits per heavy atom. The van der Waals surface area contributed by atoms with Crippen molar-refractivity contribution in [2.75, 3.05) is 105 Å². The van der Waals surface area contributed by atoms with Gasteiger partial charge in [0.15, 0.2) is 20.4 Å². The molecule has 12 nitrogen and oxygen atoms in total. The molecule has 0 radical (unpaired) electrons. The molecule has 16 heteroatoms. The second-order valence-corrected chi connectivity index (χ2v) is 16.9. The molecule has 320 valence electrons. The lowest BCUT2D eigenvalue weighted by Crippen LogP contribution is -2.58. The van der Waals surface area contributed by atoms with E-state index in [0.29, 0.717) is 38.4 Å². The van der Waals surface area contributed by atoms with Crippen molar-refractivity contribution < 1.29 is 9.47 Å². The summed E-state index contributed by atoms with van der Waals surface area (Å²) in [6.07, 6.45) is 6.47. The molecule has 3 aliphatic heterocycles. The molecule has 3 saturated heterocycles. The summed E-state index contributed by atoms with van der Waals surface area (Å²) in [6.45, 7) is 14.0. The molecule has 3 fully saturated rings. The lowest BCUT2D eigenvalue weighted by atomic mass is 9.99. The van der Waals surface area contributed by atoms with Gasteiger partial charge in [-0.25, -0.2) is 0 Å². The van der Waals surface area contributed by atoms with E-state index in [-0.39, 0.29) is 0 Å². The van der Waals surface area contributed by atoms with E-state index in [1.165, 1.54) is 11.1 Å². The van der Waals surface area contributed by atoms with E-state index in [2.05, 4.69) is 100 Å². The molecule has 58 heavy (non-hydrogen) atoms. The zero-order valence-corrected chi connectivity index (χ0v) is 37.4. The lowest BCUT2D eigenvalue weighted by Gasteiger charge is -2.43. The zero-order valence-electron chi connectivity index (χ0n) is 34.1. The van der Waals surface area contributed by atoms with Crippen LogP contribution < -0.4 is 31.9 Å². The van der Waals surface area contributed by atoms with Crippen molar-refractivity contribution in [2.45, 2.75) is 51.7 Å². The average Bonchev–Trinajstić information content (AvgIpc) is 3.25. The highest BCUT2D eigenvalue weighted by Crippen LogP contribution is 2.20. The van der Waals surface area contributed by atoms with Crippen LogP contribution in [0.15, 0.2) is 60.7 Å². The molecule has 0 atom stereocenters. The van der Waals surface area contributed by atoms with Crippen LogP contribution >= 0.6 is 48.9 Å². The molecule has 0 aliphatic carbocycles. The molecule has 4 bridgehead atoms. The van der Waals surface area contributed by atoms with E-state index in [4.69, 9.17) is 58.3 Å². The molecule has 0 spiro atoms. The number of hydrogen-bond donors (Lipinski definition) is 6. The van der Waals surface area contributed by atoms with E-state index >= 15 is 0 Å². The number of rotatable bonds is 14. The molecule has 0 unspecified atom stereocenters. The number of thiocarbonyl (C=S) groups is 4. The van der Waals surface area contributed by atoms with Crippen LogP contribution in [0.5, 0.6) is 0 Å². The summed E-state index contributed by atoms with van der Waals surface area (Å²) in [5.41, 5.74) is 2.43. The smallest absolute Gasteiger partial charge is 0.170 e. The van der Waals surface area contributed by atoms with Gasteiger partial charge < -0.3 is 61.0 Å². The van der Waals surface area contributed by atoms with Crippen molar-refractivity contribution in [2.24, 2.45) is 11.8 Å². The summed E-state index contributed by atoms with van der Waals surface area (Å²) in [5.74, 6) is 0.904. The normalized spacial score (nSPS) is 19.2. The van der Waals surface area contributed by atoms with Gasteiger partial charge in [0.2, 0.25) is 0 Å². The number of ether oxygens (including phenoxy) is 2. The number of hydrogen-bond acceptors (Lipinski definition) is 8. The third kappa shape index (κ3) is 17.3. The molecule has 0 aromatic heterocycles. The van der Waals surface area contributed by atoms with E-state index in [1.54, 1.807) is 0 Å². The highest BCUT2D eigenvalue weighted by molar-refractivity contribution is 7.80. The standard InChI is InChI=1S/C42H66N10O2S4/c55-39-45-21-17-43-19-23-47-41(57)51-29-38(16-8-10-26-54-32-36-13-5-2-6-14-36)30-52(34-51)42(58)48-24-20-44-18-22-46-40(56)50-28-37(27-49(39)33-50)15-7-9-25-53-31-35-11-3-1-4-12-35/h1-6,11-14,37-38,43-44H,7-10,15-34H2,(H,45,55)(H,46,56)(H,47,57)(H,48,58). The van der Waals surface area contributed by atoms with Crippen LogP contribution in [-0.2, 0) is 22.7 Å². The summed E-state index contributed by atoms with van der Waals surface area (Å²) >= 11 is 23.7. The Morgan fingerprint density at radius 1 is 0.448 bits per heavy atom. The predicted molar refractivity (Wildman–Crippen MR) is 252 cm³/mol. The number of benzene rings is 2. The van der Waals surface area contributed by atoms with E-state index in [1.807, 2.05) is 12.1 Å². The first kappa shape index (κ1) is 46.1. The van der Waals surface area contributed by atoms with Crippen molar-refractivity contribution in [3.8, 4) is 0 Å². The van der Waals surface area contributed by atoms with Gasteiger partial charge in [-0.3, -0.25) is 0 Å². The fourth-order valence-electron chi connectivity index (χ4n) is 7.49. The first-order valence-corrected chi connectivity index (χ1v) is 22.8. The topological polar surface area (TPSA) is 104 Å². The quantitative estimate of drug-likeness (QED) is 0.123. The minimum Gasteiger partial charge on any atom is -0.377 e. The minimum absolute atomic E-state index is 0.452. The van der Waals surface area contributed by atoms with Gasteiger partial charge in [0.1, 0.15) is 0 Å². The lowest BCUT2D eigenvalue weighted by molar-refractivity contribution is 0.110. The predicted octanol–water partition coefficient (Wildman–Crippen LogP) is 3.83. The molecule has 2 aromatic carbocycles. The second-order valence-electron chi connectivity index (χ2n) is 15.4. The maximum Gasteiger partial charge on any atom is 0.170 e. The van der Waals surface area contributed by atoms with Gasteiger partial charge in [-0.05, 0) is 97.5 Å². The van der Waals surface area contributed by atoms with Crippen LogP contribution in [0.3, 0.4) is 0 Å². The molecule has 0 saturated carbocycles. The van der Waals surface area contributed by atoms with E-state index in [9.17, 15) is 0 Å². The maximum atomic E-state index is 5.95. The zero-order chi connectivity index (χ0) is 40.6. The average molecular weight is 871 g/mol. The van der Waals surface area contributed by atoms with E-state index < -0.39 is 0 Å². The van der Waals surface area contributed by atoms with Crippen molar-refractivity contribution >= 4 is 69.3 Å². The van der Waals surface area contributed by atoms with Crippen LogP contribution in [-0.4, -0.2) is 145 Å². The van der Waals surface area contributed by atoms with Crippen LogP contribution in [0.4, 0.5) is 0 Å². The number of nitrogens with one attached hydrogen (secondary N) is 6. The molecule has 3 heterocycles. The van der Waals surface area contributed by atoms with Gasteiger partial charge in [-0.1, -0.05) is 73.5 Å².